The number of aryl methyl sites for hydroxylation is 1. The molecule has 0 aromatic carbocycles. The molecule has 0 bridgehead atoms. The zero-order chi connectivity index (χ0) is 11.1. The van der Waals surface area contributed by atoms with E-state index in [9.17, 15) is 4.79 Å². The number of nitrogens with zero attached hydrogens (tertiary/aromatic N) is 2. The molecule has 1 fully saturated rings. The van der Waals surface area contributed by atoms with Crippen molar-refractivity contribution in [2.24, 2.45) is 13.0 Å². The number of carbonyl (C=O) groups is 1. The van der Waals surface area contributed by atoms with E-state index in [0.717, 1.165) is 18.4 Å². The minimum Gasteiger partial charge on any atom is -0.346 e. The Hall–Kier alpha value is -1.32. The summed E-state index contributed by atoms with van der Waals surface area (Å²) in [6, 6.07) is 0. The Labute approximate surface area is 89.7 Å². The van der Waals surface area contributed by atoms with E-state index in [0.29, 0.717) is 0 Å². The number of amides is 1. The second-order valence-electron chi connectivity index (χ2n) is 4.63. The van der Waals surface area contributed by atoms with Gasteiger partial charge in [0.1, 0.15) is 0 Å². The Morgan fingerprint density at radius 3 is 2.67 bits per heavy atom. The fourth-order valence-electron chi connectivity index (χ4n) is 1.66. The summed E-state index contributed by atoms with van der Waals surface area (Å²) >= 11 is 0. The van der Waals surface area contributed by atoms with E-state index in [2.05, 4.69) is 10.4 Å². The molecule has 15 heavy (non-hydrogen) atoms. The predicted octanol–water partition coefficient (Wildman–Crippen LogP) is 1.18. The third-order valence-corrected chi connectivity index (χ3v) is 2.89. The third-order valence-electron chi connectivity index (χ3n) is 2.89. The molecule has 0 saturated heterocycles. The highest BCUT2D eigenvalue weighted by Crippen LogP contribution is 2.45. The SMILES string of the molecule is CC(C)C(=O)NC1(c2cnn(C)c2)CC1. The van der Waals surface area contributed by atoms with E-state index < -0.39 is 0 Å². The molecule has 1 N–H and O–H groups in total. The minimum atomic E-state index is -0.115. The molecular formula is C11H17N3O. The number of hydrogen-bond donors (Lipinski definition) is 1. The van der Waals surface area contributed by atoms with Crippen LogP contribution in [-0.2, 0) is 17.4 Å². The van der Waals surface area contributed by atoms with Crippen LogP contribution in [0.15, 0.2) is 12.4 Å². The highest BCUT2D eigenvalue weighted by molar-refractivity contribution is 5.79. The van der Waals surface area contributed by atoms with Crippen LogP contribution in [0.2, 0.25) is 0 Å². The second-order valence-corrected chi connectivity index (χ2v) is 4.63. The molecule has 1 aliphatic rings. The van der Waals surface area contributed by atoms with E-state index in [4.69, 9.17) is 0 Å². The summed E-state index contributed by atoms with van der Waals surface area (Å²) in [5.41, 5.74) is 1.01. The lowest BCUT2D eigenvalue weighted by atomic mass is 10.1. The molecule has 2 rings (SSSR count). The maximum absolute atomic E-state index is 11.6. The van der Waals surface area contributed by atoms with Crippen LogP contribution in [0, 0.1) is 5.92 Å². The third kappa shape index (κ3) is 1.89. The van der Waals surface area contributed by atoms with Gasteiger partial charge in [-0.3, -0.25) is 9.48 Å². The topological polar surface area (TPSA) is 46.9 Å². The molecule has 0 aliphatic heterocycles. The van der Waals surface area contributed by atoms with Gasteiger partial charge in [0, 0.05) is 24.7 Å². The van der Waals surface area contributed by atoms with Gasteiger partial charge >= 0.3 is 0 Å². The molecule has 1 aliphatic carbocycles. The van der Waals surface area contributed by atoms with Crippen molar-refractivity contribution < 1.29 is 4.79 Å². The molecule has 82 valence electrons. The van der Waals surface area contributed by atoms with E-state index in [1.807, 2.05) is 33.3 Å². The number of rotatable bonds is 3. The fourth-order valence-corrected chi connectivity index (χ4v) is 1.66. The summed E-state index contributed by atoms with van der Waals surface area (Å²) in [7, 11) is 1.89. The van der Waals surface area contributed by atoms with Crippen LogP contribution in [-0.4, -0.2) is 15.7 Å². The first-order chi connectivity index (χ1) is 7.03. The van der Waals surface area contributed by atoms with Crippen LogP contribution >= 0.6 is 0 Å². The van der Waals surface area contributed by atoms with Crippen LogP contribution in [0.5, 0.6) is 0 Å². The summed E-state index contributed by atoms with van der Waals surface area (Å²) < 4.78 is 1.77. The van der Waals surface area contributed by atoms with Gasteiger partial charge in [0.25, 0.3) is 0 Å². The summed E-state index contributed by atoms with van der Waals surface area (Å²) in [6.45, 7) is 3.82. The summed E-state index contributed by atoms with van der Waals surface area (Å²) in [6.07, 6.45) is 5.87. The van der Waals surface area contributed by atoms with Gasteiger partial charge in [-0.15, -0.1) is 0 Å². The molecule has 0 radical (unpaired) electrons. The van der Waals surface area contributed by atoms with Gasteiger partial charge in [0.05, 0.1) is 11.7 Å². The van der Waals surface area contributed by atoms with Gasteiger partial charge in [-0.05, 0) is 12.8 Å². The summed E-state index contributed by atoms with van der Waals surface area (Å²) in [5, 5.41) is 7.24. The monoisotopic (exact) mass is 207 g/mol. The van der Waals surface area contributed by atoms with Crippen molar-refractivity contribution in [3.63, 3.8) is 0 Å². The van der Waals surface area contributed by atoms with Gasteiger partial charge in [0.15, 0.2) is 0 Å². The number of hydrogen-bond acceptors (Lipinski definition) is 2. The van der Waals surface area contributed by atoms with Crippen LogP contribution in [0.1, 0.15) is 32.3 Å². The van der Waals surface area contributed by atoms with Crippen molar-refractivity contribution in [1.29, 1.82) is 0 Å². The van der Waals surface area contributed by atoms with Crippen molar-refractivity contribution in [2.75, 3.05) is 0 Å². The average Bonchev–Trinajstić information content (AvgIpc) is 2.81. The van der Waals surface area contributed by atoms with Crippen LogP contribution in [0.4, 0.5) is 0 Å². The molecule has 4 heteroatoms. The van der Waals surface area contributed by atoms with Crippen molar-refractivity contribution in [2.45, 2.75) is 32.2 Å². The first kappa shape index (κ1) is 10.2. The predicted molar refractivity (Wildman–Crippen MR) is 57.1 cm³/mol. The van der Waals surface area contributed by atoms with Gasteiger partial charge in [0.2, 0.25) is 5.91 Å². The highest BCUT2D eigenvalue weighted by Gasteiger charge is 2.46. The molecule has 1 saturated carbocycles. The Balaban J connectivity index is 2.11. The van der Waals surface area contributed by atoms with Crippen molar-refractivity contribution >= 4 is 5.91 Å². The smallest absolute Gasteiger partial charge is 0.223 e. The van der Waals surface area contributed by atoms with E-state index in [1.165, 1.54) is 0 Å². The molecule has 1 aromatic rings. The number of nitrogens with one attached hydrogen (secondary N) is 1. The van der Waals surface area contributed by atoms with Gasteiger partial charge < -0.3 is 5.32 Å². The Kier molecular flexibility index (Phi) is 2.29. The van der Waals surface area contributed by atoms with E-state index in [-0.39, 0.29) is 17.4 Å². The molecule has 1 amide bonds. The van der Waals surface area contributed by atoms with Crippen molar-refractivity contribution in [3.8, 4) is 0 Å². The summed E-state index contributed by atoms with van der Waals surface area (Å²) in [5.74, 6) is 0.162. The molecule has 1 aromatic heterocycles. The van der Waals surface area contributed by atoms with Crippen molar-refractivity contribution in [3.05, 3.63) is 18.0 Å². The van der Waals surface area contributed by atoms with Gasteiger partial charge in [-0.2, -0.15) is 5.10 Å². The second kappa shape index (κ2) is 3.36. The van der Waals surface area contributed by atoms with Crippen LogP contribution in [0.25, 0.3) is 0 Å². The Morgan fingerprint density at radius 1 is 1.60 bits per heavy atom. The zero-order valence-electron chi connectivity index (χ0n) is 9.45. The number of carbonyl (C=O) groups excluding carboxylic acids is 1. The Morgan fingerprint density at radius 2 is 2.27 bits per heavy atom. The zero-order valence-corrected chi connectivity index (χ0v) is 9.45. The van der Waals surface area contributed by atoms with E-state index in [1.54, 1.807) is 4.68 Å². The lowest BCUT2D eigenvalue weighted by Crippen LogP contribution is -2.37. The molecule has 1 heterocycles. The van der Waals surface area contributed by atoms with Crippen LogP contribution in [0.3, 0.4) is 0 Å². The average molecular weight is 207 g/mol. The molecule has 0 atom stereocenters. The minimum absolute atomic E-state index is 0.0409. The van der Waals surface area contributed by atoms with Gasteiger partial charge in [-0.25, -0.2) is 0 Å². The highest BCUT2D eigenvalue weighted by atomic mass is 16.2. The first-order valence-electron chi connectivity index (χ1n) is 5.35. The molecule has 0 unspecified atom stereocenters. The molecular weight excluding hydrogens is 190 g/mol. The van der Waals surface area contributed by atoms with Crippen LogP contribution < -0.4 is 5.32 Å². The lowest BCUT2D eigenvalue weighted by molar-refractivity contribution is -0.125. The molecule has 0 spiro atoms. The maximum Gasteiger partial charge on any atom is 0.223 e. The quantitative estimate of drug-likeness (QED) is 0.809. The first-order valence-corrected chi connectivity index (χ1v) is 5.35. The largest absolute Gasteiger partial charge is 0.346 e. The van der Waals surface area contributed by atoms with Crippen molar-refractivity contribution in [1.82, 2.24) is 15.1 Å². The number of aromatic nitrogens is 2. The molecule has 4 nitrogen and oxygen atoms in total. The standard InChI is InChI=1S/C11H17N3O/c1-8(2)10(15)13-11(4-5-11)9-6-12-14(3)7-9/h6-8H,4-5H2,1-3H3,(H,13,15). The van der Waals surface area contributed by atoms with E-state index >= 15 is 0 Å². The fraction of sp³-hybridized carbons (Fsp3) is 0.636. The normalized spacial score (nSPS) is 17.9. The lowest BCUT2D eigenvalue weighted by Gasteiger charge is -2.17. The maximum atomic E-state index is 11.6. The summed E-state index contributed by atoms with van der Waals surface area (Å²) in [4.78, 5) is 11.6. The van der Waals surface area contributed by atoms with Gasteiger partial charge in [-0.1, -0.05) is 13.8 Å². The Bertz CT molecular complexity index is 377.